The normalized spacial score (nSPS) is 18.3. The molecule has 1 saturated carbocycles. The van der Waals surface area contributed by atoms with E-state index in [0.29, 0.717) is 6.42 Å². The Bertz CT molecular complexity index is 513. The molecule has 1 aromatic rings. The van der Waals surface area contributed by atoms with Crippen molar-refractivity contribution in [2.45, 2.75) is 63.0 Å². The Hall–Kier alpha value is -0.870. The maximum absolute atomic E-state index is 10.9. The third-order valence-corrected chi connectivity index (χ3v) is 5.64. The van der Waals surface area contributed by atoms with E-state index in [2.05, 4.69) is 24.3 Å². The van der Waals surface area contributed by atoms with E-state index in [-0.39, 0.29) is 0 Å². The molecule has 4 heteroatoms. The number of hydrogen-bond acceptors (Lipinski definition) is 2. The Morgan fingerprint density at radius 1 is 1.20 bits per heavy atom. The van der Waals surface area contributed by atoms with Crippen LogP contribution in [-0.4, -0.2) is 18.2 Å². The maximum atomic E-state index is 10.9. The van der Waals surface area contributed by atoms with Crippen LogP contribution < -0.4 is 0 Å². The molecular formula is C16H24O3S. The standard InChI is InChI=1S/C16H24O3S/c1-13(20(17,18)19)5-4-6-14-9-11-16(12-10-14)15-7-2-3-8-15/h9-13,15H,2-8H2,1H3,(H,17,18,19). The molecule has 1 fully saturated rings. The van der Waals surface area contributed by atoms with Crippen LogP contribution in [0.5, 0.6) is 0 Å². The van der Waals surface area contributed by atoms with Crippen molar-refractivity contribution in [2.75, 3.05) is 0 Å². The van der Waals surface area contributed by atoms with Crippen LogP contribution in [0.2, 0.25) is 0 Å². The topological polar surface area (TPSA) is 54.4 Å². The van der Waals surface area contributed by atoms with Crippen LogP contribution in [0.15, 0.2) is 24.3 Å². The van der Waals surface area contributed by atoms with E-state index in [4.69, 9.17) is 4.55 Å². The second kappa shape index (κ2) is 6.72. The van der Waals surface area contributed by atoms with Crippen molar-refractivity contribution in [2.24, 2.45) is 0 Å². The fraction of sp³-hybridized carbons (Fsp3) is 0.625. The van der Waals surface area contributed by atoms with Crippen LogP contribution in [0.3, 0.4) is 0 Å². The van der Waals surface area contributed by atoms with Gasteiger partial charge in [-0.25, -0.2) is 0 Å². The molecule has 0 bridgehead atoms. The molecule has 112 valence electrons. The largest absolute Gasteiger partial charge is 0.285 e. The lowest BCUT2D eigenvalue weighted by Gasteiger charge is -2.11. The van der Waals surface area contributed by atoms with Crippen LogP contribution in [0.25, 0.3) is 0 Å². The number of benzene rings is 1. The van der Waals surface area contributed by atoms with E-state index in [1.165, 1.54) is 36.8 Å². The molecule has 20 heavy (non-hydrogen) atoms. The molecule has 0 spiro atoms. The van der Waals surface area contributed by atoms with Gasteiger partial charge < -0.3 is 0 Å². The van der Waals surface area contributed by atoms with E-state index in [1.54, 1.807) is 6.92 Å². The number of aryl methyl sites for hydroxylation is 1. The first kappa shape index (κ1) is 15.5. The summed E-state index contributed by atoms with van der Waals surface area (Å²) in [6.07, 6.45) is 7.47. The van der Waals surface area contributed by atoms with E-state index < -0.39 is 15.4 Å². The van der Waals surface area contributed by atoms with Crippen LogP contribution in [0.4, 0.5) is 0 Å². The fourth-order valence-corrected chi connectivity index (χ4v) is 3.42. The number of rotatable bonds is 6. The highest BCUT2D eigenvalue weighted by molar-refractivity contribution is 7.86. The summed E-state index contributed by atoms with van der Waals surface area (Å²) in [6.45, 7) is 1.55. The van der Waals surface area contributed by atoms with Crippen molar-refractivity contribution in [3.63, 3.8) is 0 Å². The van der Waals surface area contributed by atoms with Gasteiger partial charge in [-0.2, -0.15) is 8.42 Å². The monoisotopic (exact) mass is 296 g/mol. The van der Waals surface area contributed by atoms with Gasteiger partial charge in [-0.3, -0.25) is 4.55 Å². The van der Waals surface area contributed by atoms with E-state index in [9.17, 15) is 8.42 Å². The lowest BCUT2D eigenvalue weighted by atomic mass is 9.96. The van der Waals surface area contributed by atoms with Crippen molar-refractivity contribution in [1.29, 1.82) is 0 Å². The van der Waals surface area contributed by atoms with Crippen molar-refractivity contribution >= 4 is 10.1 Å². The average molecular weight is 296 g/mol. The maximum Gasteiger partial charge on any atom is 0.267 e. The molecule has 1 N–H and O–H groups in total. The smallest absolute Gasteiger partial charge is 0.267 e. The van der Waals surface area contributed by atoms with E-state index in [1.807, 2.05) is 0 Å². The van der Waals surface area contributed by atoms with Crippen molar-refractivity contribution in [1.82, 2.24) is 0 Å². The van der Waals surface area contributed by atoms with Crippen molar-refractivity contribution in [3.8, 4) is 0 Å². The molecule has 0 aliphatic heterocycles. The van der Waals surface area contributed by atoms with Gasteiger partial charge in [-0.15, -0.1) is 0 Å². The highest BCUT2D eigenvalue weighted by Crippen LogP contribution is 2.34. The molecular weight excluding hydrogens is 272 g/mol. The van der Waals surface area contributed by atoms with Gasteiger partial charge in [0.1, 0.15) is 0 Å². The lowest BCUT2D eigenvalue weighted by Crippen LogP contribution is -2.16. The summed E-state index contributed by atoms with van der Waals surface area (Å²) in [4.78, 5) is 0. The Labute approximate surface area is 122 Å². The summed E-state index contributed by atoms with van der Waals surface area (Å²) >= 11 is 0. The summed E-state index contributed by atoms with van der Waals surface area (Å²) in [5.41, 5.74) is 2.69. The molecule has 3 nitrogen and oxygen atoms in total. The highest BCUT2D eigenvalue weighted by Gasteiger charge is 2.17. The van der Waals surface area contributed by atoms with Gasteiger partial charge in [0.15, 0.2) is 0 Å². The SMILES string of the molecule is CC(CCCc1ccc(C2CCCC2)cc1)S(=O)(=O)O. The molecule has 0 radical (unpaired) electrons. The zero-order valence-electron chi connectivity index (χ0n) is 12.1. The van der Waals surface area contributed by atoms with Crippen LogP contribution in [0.1, 0.15) is 62.5 Å². The van der Waals surface area contributed by atoms with Crippen molar-refractivity contribution < 1.29 is 13.0 Å². The zero-order chi connectivity index (χ0) is 14.6. The predicted molar refractivity (Wildman–Crippen MR) is 81.6 cm³/mol. The van der Waals surface area contributed by atoms with Gasteiger partial charge in [-0.1, -0.05) is 37.1 Å². The first-order valence-electron chi connectivity index (χ1n) is 7.52. The summed E-state index contributed by atoms with van der Waals surface area (Å²) in [6, 6.07) is 8.76. The Morgan fingerprint density at radius 3 is 2.35 bits per heavy atom. The molecule has 0 aromatic heterocycles. The van der Waals surface area contributed by atoms with Crippen LogP contribution in [0, 0.1) is 0 Å². The molecule has 0 saturated heterocycles. The average Bonchev–Trinajstić information content (AvgIpc) is 2.92. The fourth-order valence-electron chi connectivity index (χ4n) is 2.96. The minimum Gasteiger partial charge on any atom is -0.285 e. The van der Waals surface area contributed by atoms with Gasteiger partial charge in [0.05, 0.1) is 5.25 Å². The summed E-state index contributed by atoms with van der Waals surface area (Å²) in [5, 5.41) is -0.666. The van der Waals surface area contributed by atoms with Crippen LogP contribution >= 0.6 is 0 Å². The molecule has 1 aliphatic rings. The summed E-state index contributed by atoms with van der Waals surface area (Å²) in [7, 11) is -3.88. The Balaban J connectivity index is 1.82. The third-order valence-electron chi connectivity index (χ3n) is 4.39. The summed E-state index contributed by atoms with van der Waals surface area (Å²) < 4.78 is 30.8. The predicted octanol–water partition coefficient (Wildman–Crippen LogP) is 3.94. The molecule has 0 amide bonds. The van der Waals surface area contributed by atoms with E-state index in [0.717, 1.165) is 18.8 Å². The first-order valence-corrected chi connectivity index (χ1v) is 9.02. The number of hydrogen-bond donors (Lipinski definition) is 1. The zero-order valence-corrected chi connectivity index (χ0v) is 12.9. The first-order chi connectivity index (χ1) is 9.47. The Kier molecular flexibility index (Phi) is 5.22. The molecule has 1 unspecified atom stereocenters. The van der Waals surface area contributed by atoms with Gasteiger partial charge in [-0.05, 0) is 56.1 Å². The quantitative estimate of drug-likeness (QED) is 0.809. The minimum absolute atomic E-state index is 0.503. The Morgan fingerprint density at radius 2 is 1.80 bits per heavy atom. The highest BCUT2D eigenvalue weighted by atomic mass is 32.2. The molecule has 1 aliphatic carbocycles. The van der Waals surface area contributed by atoms with Gasteiger partial charge in [0.2, 0.25) is 0 Å². The van der Waals surface area contributed by atoms with Gasteiger partial charge in [0.25, 0.3) is 10.1 Å². The second-order valence-electron chi connectivity index (χ2n) is 5.94. The molecule has 1 aromatic carbocycles. The molecule has 2 rings (SSSR count). The summed E-state index contributed by atoms with van der Waals surface area (Å²) in [5.74, 6) is 0.739. The van der Waals surface area contributed by atoms with Gasteiger partial charge >= 0.3 is 0 Å². The molecule has 1 atom stereocenters. The van der Waals surface area contributed by atoms with Crippen molar-refractivity contribution in [3.05, 3.63) is 35.4 Å². The molecule has 0 heterocycles. The van der Waals surface area contributed by atoms with Crippen LogP contribution in [-0.2, 0) is 16.5 Å². The lowest BCUT2D eigenvalue weighted by molar-refractivity contribution is 0.464. The minimum atomic E-state index is -3.88. The van der Waals surface area contributed by atoms with E-state index >= 15 is 0 Å². The third kappa shape index (κ3) is 4.32. The van der Waals surface area contributed by atoms with Gasteiger partial charge in [0, 0.05) is 0 Å². The second-order valence-corrected chi connectivity index (χ2v) is 7.78.